The molecule has 0 spiro atoms. The molecule has 0 bridgehead atoms. The van der Waals surface area contributed by atoms with E-state index in [-0.39, 0.29) is 24.5 Å². The van der Waals surface area contributed by atoms with Gasteiger partial charge in [0.15, 0.2) is 12.4 Å². The molecule has 10 nitrogen and oxygen atoms in total. The topological polar surface area (TPSA) is 135 Å². The molecule has 35 heavy (non-hydrogen) atoms. The molecular weight excluding hydrogens is 456 g/mol. The largest absolute Gasteiger partial charge is 0.457 e. The zero-order valence-electron chi connectivity index (χ0n) is 21.9. The molecule has 4 N–H and O–H groups in total. The van der Waals surface area contributed by atoms with E-state index in [1.54, 1.807) is 27.7 Å². The number of esters is 1. The van der Waals surface area contributed by atoms with Gasteiger partial charge in [-0.25, -0.2) is 4.79 Å². The molecule has 0 aromatic heterocycles. The molecule has 0 aliphatic carbocycles. The first kappa shape index (κ1) is 30.4. The number of epoxide rings is 1. The van der Waals surface area contributed by atoms with E-state index in [0.29, 0.717) is 39.0 Å². The number of cyclic esters (lactones) is 1. The van der Waals surface area contributed by atoms with Crippen molar-refractivity contribution in [2.75, 3.05) is 39.3 Å². The van der Waals surface area contributed by atoms with Gasteiger partial charge in [-0.2, -0.15) is 0 Å². The molecule has 8 atom stereocenters. The fraction of sp³-hybridized carbons (Fsp3) is 0.960. The Labute approximate surface area is 210 Å². The summed E-state index contributed by atoms with van der Waals surface area (Å²) in [4.78, 5) is 16.7. The molecule has 0 amide bonds. The molecule has 2 heterocycles. The van der Waals surface area contributed by atoms with Crippen molar-refractivity contribution in [3.63, 3.8) is 0 Å². The third kappa shape index (κ3) is 12.3. The molecular formula is C25H48N2O8. The minimum absolute atomic E-state index is 0.206. The fourth-order valence-corrected chi connectivity index (χ4v) is 4.76. The maximum atomic E-state index is 12.7. The summed E-state index contributed by atoms with van der Waals surface area (Å²) in [7, 11) is 0. The highest BCUT2D eigenvalue weighted by atomic mass is 16.8. The summed E-state index contributed by atoms with van der Waals surface area (Å²) in [6, 6.07) is 0. The minimum atomic E-state index is -0.635. The molecule has 0 aromatic carbocycles. The average Bonchev–Trinajstić information content (AvgIpc) is 3.50. The van der Waals surface area contributed by atoms with Crippen LogP contribution in [0.5, 0.6) is 0 Å². The Morgan fingerprint density at radius 1 is 0.714 bits per heavy atom. The van der Waals surface area contributed by atoms with Crippen LogP contribution in [0, 0.1) is 0 Å². The number of nitrogens with zero attached hydrogens (tertiary/aromatic N) is 2. The van der Waals surface area contributed by atoms with E-state index < -0.39 is 30.5 Å². The number of unbranched alkanes of at least 4 members (excludes halogenated alkanes) is 2. The van der Waals surface area contributed by atoms with Crippen LogP contribution in [0.2, 0.25) is 0 Å². The predicted octanol–water partition coefficient (Wildman–Crippen LogP) is 0.490. The SMILES string of the molecule is CC(O)CN(CCCCC1OC2OC2C(CCCCN(C[C@@H](C)O)C[C@@H](C)O)OC1=O)C[C@@H](C)O. The summed E-state index contributed by atoms with van der Waals surface area (Å²) in [5.41, 5.74) is 0. The fourth-order valence-electron chi connectivity index (χ4n) is 4.76. The van der Waals surface area contributed by atoms with Gasteiger partial charge in [-0.1, -0.05) is 0 Å². The third-order valence-electron chi connectivity index (χ3n) is 6.17. The monoisotopic (exact) mass is 504 g/mol. The van der Waals surface area contributed by atoms with Crippen molar-refractivity contribution in [1.29, 1.82) is 0 Å². The number of hydrogen-bond donors (Lipinski definition) is 4. The van der Waals surface area contributed by atoms with E-state index in [9.17, 15) is 25.2 Å². The van der Waals surface area contributed by atoms with Crippen LogP contribution < -0.4 is 0 Å². The van der Waals surface area contributed by atoms with E-state index in [2.05, 4.69) is 0 Å². The zero-order valence-corrected chi connectivity index (χ0v) is 21.9. The summed E-state index contributed by atoms with van der Waals surface area (Å²) in [5.74, 6) is -0.333. The number of fused-ring (bicyclic) bond motifs is 1. The lowest BCUT2D eigenvalue weighted by molar-refractivity contribution is -0.165. The Balaban J connectivity index is 1.71. The molecule has 2 fully saturated rings. The Morgan fingerprint density at radius 2 is 1.17 bits per heavy atom. The number of ether oxygens (including phenoxy) is 3. The van der Waals surface area contributed by atoms with Gasteiger partial charge in [-0.3, -0.25) is 9.80 Å². The first-order chi connectivity index (χ1) is 16.5. The van der Waals surface area contributed by atoms with Gasteiger partial charge < -0.3 is 34.6 Å². The standard InChI is InChI=1S/C25H48N2O8/c1-17(28)13-26(14-18(2)29)11-7-5-9-21-23-25(35-23)34-22(24(32)33-21)10-6-8-12-27(15-19(3)30)16-20(4)31/h17-23,25,28-31H,5-16H2,1-4H3/t17-,18-,19-,20?,21?,22?,23?,25?/m1/s1. The molecule has 2 aliphatic heterocycles. The van der Waals surface area contributed by atoms with Crippen molar-refractivity contribution in [2.45, 2.75) is 115 Å². The summed E-state index contributed by atoms with van der Waals surface area (Å²) in [6.45, 7) is 10.5. The van der Waals surface area contributed by atoms with Gasteiger partial charge in [0.1, 0.15) is 12.2 Å². The van der Waals surface area contributed by atoms with Crippen LogP contribution >= 0.6 is 0 Å². The molecule has 0 aromatic rings. The van der Waals surface area contributed by atoms with Crippen molar-refractivity contribution in [3.8, 4) is 0 Å². The highest BCUT2D eigenvalue weighted by Crippen LogP contribution is 2.36. The van der Waals surface area contributed by atoms with Crippen molar-refractivity contribution >= 4 is 5.97 Å². The Bertz CT molecular complexity index is 584. The van der Waals surface area contributed by atoms with Gasteiger partial charge in [0.2, 0.25) is 0 Å². The van der Waals surface area contributed by atoms with Crippen LogP contribution in [0.3, 0.4) is 0 Å². The summed E-state index contributed by atoms with van der Waals surface area (Å²) >= 11 is 0. The van der Waals surface area contributed by atoms with E-state index in [1.165, 1.54) is 0 Å². The molecule has 2 aliphatic rings. The van der Waals surface area contributed by atoms with E-state index in [0.717, 1.165) is 38.8 Å². The molecule has 2 rings (SSSR count). The first-order valence-corrected chi connectivity index (χ1v) is 13.2. The van der Waals surface area contributed by atoms with Gasteiger partial charge in [-0.05, 0) is 79.3 Å². The highest BCUT2D eigenvalue weighted by molar-refractivity contribution is 5.75. The number of rotatable bonds is 18. The molecule has 206 valence electrons. The number of carbonyl (C=O) groups is 1. The molecule has 0 radical (unpaired) electrons. The van der Waals surface area contributed by atoms with E-state index in [1.807, 2.05) is 9.80 Å². The van der Waals surface area contributed by atoms with Gasteiger partial charge in [0.25, 0.3) is 0 Å². The van der Waals surface area contributed by atoms with Gasteiger partial charge in [-0.15, -0.1) is 0 Å². The zero-order chi connectivity index (χ0) is 26.0. The second kappa shape index (κ2) is 15.4. The summed E-state index contributed by atoms with van der Waals surface area (Å²) in [5, 5.41) is 38.6. The lowest BCUT2D eigenvalue weighted by atomic mass is 10.1. The number of aliphatic hydroxyl groups is 4. The first-order valence-electron chi connectivity index (χ1n) is 13.2. The normalized spacial score (nSPS) is 27.8. The van der Waals surface area contributed by atoms with Crippen LogP contribution in [0.15, 0.2) is 0 Å². The quantitative estimate of drug-likeness (QED) is 0.119. The van der Waals surface area contributed by atoms with E-state index in [4.69, 9.17) is 14.2 Å². The number of carbonyl (C=O) groups excluding carboxylic acids is 1. The maximum Gasteiger partial charge on any atom is 0.335 e. The third-order valence-corrected chi connectivity index (χ3v) is 6.17. The Hall–Kier alpha value is -0.850. The van der Waals surface area contributed by atoms with Crippen LogP contribution in [-0.2, 0) is 19.0 Å². The highest BCUT2D eigenvalue weighted by Gasteiger charge is 2.52. The van der Waals surface area contributed by atoms with Crippen molar-refractivity contribution in [1.82, 2.24) is 9.80 Å². The Morgan fingerprint density at radius 3 is 1.63 bits per heavy atom. The number of aliphatic hydroxyl groups excluding tert-OH is 4. The Kier molecular flexibility index (Phi) is 13.4. The lowest BCUT2D eigenvalue weighted by Crippen LogP contribution is -2.37. The molecule has 0 saturated carbocycles. The van der Waals surface area contributed by atoms with Crippen molar-refractivity contribution in [2.24, 2.45) is 0 Å². The van der Waals surface area contributed by atoms with Crippen LogP contribution in [0.25, 0.3) is 0 Å². The van der Waals surface area contributed by atoms with E-state index >= 15 is 0 Å². The predicted molar refractivity (Wildman–Crippen MR) is 131 cm³/mol. The second-order valence-electron chi connectivity index (χ2n) is 10.5. The molecule has 2 saturated heterocycles. The number of hydrogen-bond acceptors (Lipinski definition) is 10. The molecule has 5 unspecified atom stereocenters. The van der Waals surface area contributed by atoms with Crippen LogP contribution in [-0.4, -0.2) is 124 Å². The lowest BCUT2D eigenvalue weighted by Gasteiger charge is -2.25. The average molecular weight is 505 g/mol. The minimum Gasteiger partial charge on any atom is -0.457 e. The van der Waals surface area contributed by atoms with Crippen molar-refractivity contribution < 1.29 is 39.4 Å². The maximum absolute atomic E-state index is 12.7. The second-order valence-corrected chi connectivity index (χ2v) is 10.5. The van der Waals surface area contributed by atoms with Crippen molar-refractivity contribution in [3.05, 3.63) is 0 Å². The van der Waals surface area contributed by atoms with Crippen LogP contribution in [0.4, 0.5) is 0 Å². The van der Waals surface area contributed by atoms with Gasteiger partial charge in [0, 0.05) is 26.2 Å². The summed E-state index contributed by atoms with van der Waals surface area (Å²) in [6.07, 6.45) is 1.15. The molecule has 10 heteroatoms. The van der Waals surface area contributed by atoms with Gasteiger partial charge in [0.05, 0.1) is 24.4 Å². The van der Waals surface area contributed by atoms with Gasteiger partial charge >= 0.3 is 5.97 Å². The summed E-state index contributed by atoms with van der Waals surface area (Å²) < 4.78 is 17.2. The van der Waals surface area contributed by atoms with Crippen LogP contribution in [0.1, 0.15) is 66.2 Å². The smallest absolute Gasteiger partial charge is 0.335 e.